The minimum atomic E-state index is 0.319. The summed E-state index contributed by atoms with van der Waals surface area (Å²) in [4.78, 5) is 13.4. The largest absolute Gasteiger partial charge is 0.300 e. The Bertz CT molecular complexity index is 173. The number of Topliss-reactive ketones (excluding diaryl/α,β-unsaturated/α-hetero) is 1. The van der Waals surface area contributed by atoms with Gasteiger partial charge in [-0.3, -0.25) is 4.79 Å². The summed E-state index contributed by atoms with van der Waals surface area (Å²) in [5, 5.41) is 0. The summed E-state index contributed by atoms with van der Waals surface area (Å²) in [7, 11) is 0. The van der Waals surface area contributed by atoms with Crippen LogP contribution in [0, 0.1) is 0 Å². The molecule has 0 spiro atoms. The Hall–Kier alpha value is -0.370. The summed E-state index contributed by atoms with van der Waals surface area (Å²) < 4.78 is 0. The molecule has 0 aromatic carbocycles. The minimum Gasteiger partial charge on any atom is -0.300 e. The molecular formula is C12H23NO. The van der Waals surface area contributed by atoms with Gasteiger partial charge in [-0.15, -0.1) is 0 Å². The quantitative estimate of drug-likeness (QED) is 0.675. The summed E-state index contributed by atoms with van der Waals surface area (Å²) in [6.45, 7) is 5.96. The van der Waals surface area contributed by atoms with Crippen molar-refractivity contribution in [2.75, 3.05) is 13.1 Å². The Morgan fingerprint density at radius 3 is 2.43 bits per heavy atom. The summed E-state index contributed by atoms with van der Waals surface area (Å²) in [5.74, 6) is 0.319. The highest BCUT2D eigenvalue weighted by Crippen LogP contribution is 2.22. The standard InChI is InChI=1S/C12H23NO/c1-3-13(10-9-11(2)14)12-7-5-4-6-8-12/h12H,3-10H2,1-2H3. The van der Waals surface area contributed by atoms with Crippen LogP contribution >= 0.6 is 0 Å². The molecule has 0 aliphatic heterocycles. The highest BCUT2D eigenvalue weighted by Gasteiger charge is 2.19. The maximum atomic E-state index is 10.9. The lowest BCUT2D eigenvalue weighted by atomic mass is 9.94. The molecule has 0 aromatic heterocycles. The monoisotopic (exact) mass is 197 g/mol. The van der Waals surface area contributed by atoms with Crippen LogP contribution in [-0.2, 0) is 4.79 Å². The second kappa shape index (κ2) is 6.18. The fraction of sp³-hybridized carbons (Fsp3) is 0.917. The molecule has 0 amide bonds. The number of hydrogen-bond acceptors (Lipinski definition) is 2. The topological polar surface area (TPSA) is 20.3 Å². The first-order valence-electron chi connectivity index (χ1n) is 5.97. The number of rotatable bonds is 5. The van der Waals surface area contributed by atoms with Gasteiger partial charge in [-0.05, 0) is 26.3 Å². The fourth-order valence-corrected chi connectivity index (χ4v) is 2.35. The van der Waals surface area contributed by atoms with Gasteiger partial charge >= 0.3 is 0 Å². The van der Waals surface area contributed by atoms with Gasteiger partial charge in [0.25, 0.3) is 0 Å². The number of ketones is 1. The van der Waals surface area contributed by atoms with Crippen LogP contribution < -0.4 is 0 Å². The van der Waals surface area contributed by atoms with Crippen molar-refractivity contribution in [1.29, 1.82) is 0 Å². The van der Waals surface area contributed by atoms with Crippen LogP contribution in [-0.4, -0.2) is 29.8 Å². The molecule has 14 heavy (non-hydrogen) atoms. The van der Waals surface area contributed by atoms with Crippen molar-refractivity contribution in [2.45, 2.75) is 58.4 Å². The second-order valence-electron chi connectivity index (χ2n) is 4.37. The molecule has 0 bridgehead atoms. The van der Waals surface area contributed by atoms with Crippen molar-refractivity contribution in [3.8, 4) is 0 Å². The average Bonchev–Trinajstić information content (AvgIpc) is 2.20. The van der Waals surface area contributed by atoms with E-state index in [4.69, 9.17) is 0 Å². The molecule has 1 fully saturated rings. The van der Waals surface area contributed by atoms with Crippen LogP contribution in [0.2, 0.25) is 0 Å². The Balaban J connectivity index is 2.31. The SMILES string of the molecule is CCN(CCC(C)=O)C1CCCCC1. The van der Waals surface area contributed by atoms with Crippen molar-refractivity contribution in [1.82, 2.24) is 4.90 Å². The third-order valence-electron chi connectivity index (χ3n) is 3.25. The van der Waals surface area contributed by atoms with Crippen LogP contribution in [0.3, 0.4) is 0 Å². The van der Waals surface area contributed by atoms with Crippen molar-refractivity contribution >= 4 is 5.78 Å². The van der Waals surface area contributed by atoms with E-state index >= 15 is 0 Å². The number of carbonyl (C=O) groups is 1. The van der Waals surface area contributed by atoms with Crippen molar-refractivity contribution in [3.63, 3.8) is 0 Å². The lowest BCUT2D eigenvalue weighted by Gasteiger charge is -2.33. The first-order chi connectivity index (χ1) is 6.74. The van der Waals surface area contributed by atoms with Crippen LogP contribution in [0.4, 0.5) is 0 Å². The first-order valence-corrected chi connectivity index (χ1v) is 5.97. The van der Waals surface area contributed by atoms with Gasteiger partial charge in [-0.25, -0.2) is 0 Å². The predicted octanol–water partition coefficient (Wildman–Crippen LogP) is 2.62. The molecular weight excluding hydrogens is 174 g/mol. The molecule has 1 saturated carbocycles. The van der Waals surface area contributed by atoms with E-state index in [0.29, 0.717) is 5.78 Å². The molecule has 82 valence electrons. The molecule has 2 nitrogen and oxygen atoms in total. The zero-order valence-electron chi connectivity index (χ0n) is 9.59. The average molecular weight is 197 g/mol. The summed E-state index contributed by atoms with van der Waals surface area (Å²) in [5.41, 5.74) is 0. The lowest BCUT2D eigenvalue weighted by molar-refractivity contribution is -0.117. The van der Waals surface area contributed by atoms with E-state index in [-0.39, 0.29) is 0 Å². The van der Waals surface area contributed by atoms with Gasteiger partial charge in [-0.2, -0.15) is 0 Å². The third-order valence-corrected chi connectivity index (χ3v) is 3.25. The Morgan fingerprint density at radius 1 is 1.29 bits per heavy atom. The molecule has 0 heterocycles. The van der Waals surface area contributed by atoms with E-state index in [1.807, 2.05) is 0 Å². The maximum Gasteiger partial charge on any atom is 0.131 e. The molecule has 0 unspecified atom stereocenters. The molecule has 0 aromatic rings. The van der Waals surface area contributed by atoms with E-state index < -0.39 is 0 Å². The van der Waals surface area contributed by atoms with Gasteiger partial charge < -0.3 is 4.90 Å². The molecule has 2 heteroatoms. The van der Waals surface area contributed by atoms with E-state index in [1.165, 1.54) is 32.1 Å². The summed E-state index contributed by atoms with van der Waals surface area (Å²) >= 11 is 0. The third kappa shape index (κ3) is 3.79. The van der Waals surface area contributed by atoms with E-state index in [0.717, 1.165) is 25.6 Å². The maximum absolute atomic E-state index is 10.9. The lowest BCUT2D eigenvalue weighted by Crippen LogP contribution is -2.37. The van der Waals surface area contributed by atoms with Gasteiger partial charge in [0.1, 0.15) is 5.78 Å². The Morgan fingerprint density at radius 2 is 1.93 bits per heavy atom. The minimum absolute atomic E-state index is 0.319. The second-order valence-corrected chi connectivity index (χ2v) is 4.37. The highest BCUT2D eigenvalue weighted by atomic mass is 16.1. The molecule has 0 N–H and O–H groups in total. The van der Waals surface area contributed by atoms with Gasteiger partial charge in [0.15, 0.2) is 0 Å². The van der Waals surface area contributed by atoms with Crippen molar-refractivity contribution in [3.05, 3.63) is 0 Å². The summed E-state index contributed by atoms with van der Waals surface area (Å²) in [6.07, 6.45) is 7.56. The number of carbonyl (C=O) groups excluding carboxylic acids is 1. The van der Waals surface area contributed by atoms with E-state index in [1.54, 1.807) is 6.92 Å². The normalized spacial score (nSPS) is 18.8. The molecule has 0 atom stereocenters. The van der Waals surface area contributed by atoms with Crippen LogP contribution in [0.1, 0.15) is 52.4 Å². The van der Waals surface area contributed by atoms with Crippen molar-refractivity contribution < 1.29 is 4.79 Å². The number of hydrogen-bond donors (Lipinski definition) is 0. The zero-order valence-corrected chi connectivity index (χ0v) is 9.59. The van der Waals surface area contributed by atoms with Gasteiger partial charge in [-0.1, -0.05) is 26.2 Å². The van der Waals surface area contributed by atoms with Crippen LogP contribution in [0.15, 0.2) is 0 Å². The molecule has 1 rings (SSSR count). The smallest absolute Gasteiger partial charge is 0.131 e. The zero-order chi connectivity index (χ0) is 10.4. The summed E-state index contributed by atoms with van der Waals surface area (Å²) in [6, 6.07) is 0.757. The van der Waals surface area contributed by atoms with Gasteiger partial charge in [0.05, 0.1) is 0 Å². The Labute approximate surface area is 87.7 Å². The van der Waals surface area contributed by atoms with Crippen LogP contribution in [0.25, 0.3) is 0 Å². The molecule has 0 radical (unpaired) electrons. The number of nitrogens with zero attached hydrogens (tertiary/aromatic N) is 1. The van der Waals surface area contributed by atoms with Crippen LogP contribution in [0.5, 0.6) is 0 Å². The molecule has 1 aliphatic carbocycles. The van der Waals surface area contributed by atoms with E-state index in [2.05, 4.69) is 11.8 Å². The Kier molecular flexibility index (Phi) is 5.16. The predicted molar refractivity (Wildman–Crippen MR) is 59.4 cm³/mol. The van der Waals surface area contributed by atoms with E-state index in [9.17, 15) is 4.79 Å². The van der Waals surface area contributed by atoms with Gasteiger partial charge in [0, 0.05) is 19.0 Å². The first kappa shape index (κ1) is 11.7. The molecule has 1 aliphatic rings. The molecule has 0 saturated heterocycles. The fourth-order valence-electron chi connectivity index (χ4n) is 2.35. The highest BCUT2D eigenvalue weighted by molar-refractivity contribution is 5.75. The van der Waals surface area contributed by atoms with Crippen molar-refractivity contribution in [2.24, 2.45) is 0 Å². The van der Waals surface area contributed by atoms with Gasteiger partial charge in [0.2, 0.25) is 0 Å².